The van der Waals surface area contributed by atoms with Gasteiger partial charge in [0.2, 0.25) is 11.8 Å². The first-order valence-electron chi connectivity index (χ1n) is 9.37. The Kier molecular flexibility index (Phi) is 5.36. The molecule has 1 aliphatic rings. The van der Waals surface area contributed by atoms with Crippen molar-refractivity contribution in [2.24, 2.45) is 0 Å². The van der Waals surface area contributed by atoms with Gasteiger partial charge in [0.1, 0.15) is 0 Å². The quantitative estimate of drug-likeness (QED) is 0.704. The summed E-state index contributed by atoms with van der Waals surface area (Å²) in [6, 6.07) is 14.7. The molecule has 6 nitrogen and oxygen atoms in total. The molecule has 0 saturated carbocycles. The van der Waals surface area contributed by atoms with Crippen LogP contribution in [0.15, 0.2) is 53.1 Å². The minimum Gasteiger partial charge on any atom is -0.356 e. The zero-order valence-corrected chi connectivity index (χ0v) is 16.7. The highest BCUT2D eigenvalue weighted by atomic mass is 35.5. The van der Waals surface area contributed by atoms with Crippen LogP contribution >= 0.6 is 11.6 Å². The first kappa shape index (κ1) is 19.2. The number of anilines is 1. The molecule has 2 aromatic carbocycles. The molecule has 7 heteroatoms. The summed E-state index contributed by atoms with van der Waals surface area (Å²) in [6.45, 7) is 2.55. The van der Waals surface area contributed by atoms with Gasteiger partial charge in [-0.05, 0) is 42.0 Å². The molecular weight excluding hydrogens is 390 g/mol. The van der Waals surface area contributed by atoms with Gasteiger partial charge in [-0.15, -0.1) is 0 Å². The number of halogens is 1. The van der Waals surface area contributed by atoms with Crippen LogP contribution in [0, 0.1) is 0 Å². The van der Waals surface area contributed by atoms with Gasteiger partial charge in [-0.1, -0.05) is 28.9 Å². The van der Waals surface area contributed by atoms with Crippen molar-refractivity contribution in [1.29, 1.82) is 0 Å². The second kappa shape index (κ2) is 8.09. The van der Waals surface area contributed by atoms with Crippen LogP contribution in [-0.2, 0) is 29.0 Å². The highest BCUT2D eigenvalue weighted by Gasteiger charge is 2.27. The van der Waals surface area contributed by atoms with E-state index in [0.717, 1.165) is 22.4 Å². The van der Waals surface area contributed by atoms with Gasteiger partial charge in [0.15, 0.2) is 5.76 Å². The van der Waals surface area contributed by atoms with E-state index in [4.69, 9.17) is 16.1 Å². The lowest BCUT2D eigenvalue weighted by Crippen LogP contribution is -2.36. The third-order valence-corrected chi connectivity index (χ3v) is 5.18. The Balaban J connectivity index is 1.46. The molecule has 4 rings (SSSR count). The molecule has 0 bridgehead atoms. The zero-order valence-electron chi connectivity index (χ0n) is 15.9. The van der Waals surface area contributed by atoms with E-state index >= 15 is 0 Å². The smallest absolute Gasteiger partial charge is 0.227 e. The molecule has 29 heavy (non-hydrogen) atoms. The molecule has 0 fully saturated rings. The molecule has 0 radical (unpaired) electrons. The summed E-state index contributed by atoms with van der Waals surface area (Å²) in [5.41, 5.74) is 4.36. The Morgan fingerprint density at radius 1 is 1.14 bits per heavy atom. The number of rotatable bonds is 4. The summed E-state index contributed by atoms with van der Waals surface area (Å²) in [7, 11) is 0. The predicted molar refractivity (Wildman–Crippen MR) is 111 cm³/mol. The second-order valence-electron chi connectivity index (χ2n) is 7.06. The number of nitrogens with one attached hydrogen (secondary N) is 1. The SMILES string of the molecule is CC(=O)Nc1ccc(CC(=O)N2CCc3noc(-c4ccc(Cl)cc4)c3C2)cc1. The molecule has 2 amide bonds. The maximum absolute atomic E-state index is 12.8. The van der Waals surface area contributed by atoms with E-state index in [1.807, 2.05) is 41.3 Å². The van der Waals surface area contributed by atoms with Gasteiger partial charge in [0.25, 0.3) is 0 Å². The van der Waals surface area contributed by atoms with Crippen molar-refractivity contribution >= 4 is 29.1 Å². The van der Waals surface area contributed by atoms with Gasteiger partial charge >= 0.3 is 0 Å². The lowest BCUT2D eigenvalue weighted by atomic mass is 10.0. The van der Waals surface area contributed by atoms with Crippen LogP contribution in [0.1, 0.15) is 23.7 Å². The van der Waals surface area contributed by atoms with Crippen LogP contribution in [0.3, 0.4) is 0 Å². The normalized spacial score (nSPS) is 13.1. The summed E-state index contributed by atoms with van der Waals surface area (Å²) in [5.74, 6) is 0.614. The van der Waals surface area contributed by atoms with E-state index in [1.165, 1.54) is 6.92 Å². The van der Waals surface area contributed by atoms with E-state index in [-0.39, 0.29) is 11.8 Å². The molecule has 1 N–H and O–H groups in total. The van der Waals surface area contributed by atoms with Gasteiger partial charge in [-0.2, -0.15) is 0 Å². The minimum absolute atomic E-state index is 0.0474. The van der Waals surface area contributed by atoms with Crippen LogP contribution in [0.4, 0.5) is 5.69 Å². The van der Waals surface area contributed by atoms with Crippen LogP contribution in [0.2, 0.25) is 5.02 Å². The van der Waals surface area contributed by atoms with E-state index in [0.29, 0.717) is 42.4 Å². The number of carbonyl (C=O) groups is 2. The molecule has 2 heterocycles. The van der Waals surface area contributed by atoms with E-state index in [9.17, 15) is 9.59 Å². The molecule has 0 unspecified atom stereocenters. The fourth-order valence-corrected chi connectivity index (χ4v) is 3.58. The maximum Gasteiger partial charge on any atom is 0.227 e. The summed E-state index contributed by atoms with van der Waals surface area (Å²) in [5, 5.41) is 7.56. The van der Waals surface area contributed by atoms with Gasteiger partial charge in [0, 0.05) is 41.7 Å². The first-order valence-corrected chi connectivity index (χ1v) is 9.75. The summed E-state index contributed by atoms with van der Waals surface area (Å²) >= 11 is 5.97. The molecule has 0 atom stereocenters. The van der Waals surface area contributed by atoms with Gasteiger partial charge in [0.05, 0.1) is 18.7 Å². The maximum atomic E-state index is 12.8. The number of aromatic nitrogens is 1. The minimum atomic E-state index is -0.122. The number of hydrogen-bond donors (Lipinski definition) is 1. The lowest BCUT2D eigenvalue weighted by Gasteiger charge is -2.26. The van der Waals surface area contributed by atoms with Crippen molar-refractivity contribution in [3.63, 3.8) is 0 Å². The molecule has 148 valence electrons. The fraction of sp³-hybridized carbons (Fsp3) is 0.227. The number of benzene rings is 2. The van der Waals surface area contributed by atoms with Crippen molar-refractivity contribution < 1.29 is 14.1 Å². The average molecular weight is 410 g/mol. The molecule has 0 aliphatic carbocycles. The molecular formula is C22H20ClN3O3. The average Bonchev–Trinajstić information content (AvgIpc) is 3.13. The third kappa shape index (κ3) is 4.32. The van der Waals surface area contributed by atoms with Crippen LogP contribution in [-0.4, -0.2) is 28.4 Å². The molecule has 0 spiro atoms. The predicted octanol–water partition coefficient (Wildman–Crippen LogP) is 4.08. The summed E-state index contributed by atoms with van der Waals surface area (Å²) in [6.07, 6.45) is 0.969. The molecule has 1 aromatic heterocycles. The van der Waals surface area contributed by atoms with Crippen LogP contribution < -0.4 is 5.32 Å². The third-order valence-electron chi connectivity index (χ3n) is 4.93. The zero-order chi connectivity index (χ0) is 20.4. The van der Waals surface area contributed by atoms with Crippen molar-refractivity contribution in [1.82, 2.24) is 10.1 Å². The van der Waals surface area contributed by atoms with Crippen molar-refractivity contribution in [2.45, 2.75) is 26.3 Å². The number of hydrogen-bond acceptors (Lipinski definition) is 4. The summed E-state index contributed by atoms with van der Waals surface area (Å²) in [4.78, 5) is 25.8. The van der Waals surface area contributed by atoms with Crippen molar-refractivity contribution in [2.75, 3.05) is 11.9 Å². The number of nitrogens with zero attached hydrogens (tertiary/aromatic N) is 2. The van der Waals surface area contributed by atoms with Gasteiger partial charge < -0.3 is 14.7 Å². The Hall–Kier alpha value is -3.12. The topological polar surface area (TPSA) is 75.4 Å². The number of amides is 2. The van der Waals surface area contributed by atoms with Crippen molar-refractivity contribution in [3.8, 4) is 11.3 Å². The highest BCUT2D eigenvalue weighted by molar-refractivity contribution is 6.30. The standard InChI is InChI=1S/C22H20ClN3O3/c1-14(27)24-18-8-2-15(3-9-18)12-21(28)26-11-10-20-19(13-26)22(29-25-20)16-4-6-17(23)7-5-16/h2-9H,10-13H2,1H3,(H,24,27). The molecule has 0 saturated heterocycles. The van der Waals surface area contributed by atoms with Crippen LogP contribution in [0.25, 0.3) is 11.3 Å². The van der Waals surface area contributed by atoms with Crippen molar-refractivity contribution in [3.05, 3.63) is 70.4 Å². The summed E-state index contributed by atoms with van der Waals surface area (Å²) < 4.78 is 5.57. The number of carbonyl (C=O) groups excluding carboxylic acids is 2. The van der Waals surface area contributed by atoms with Crippen LogP contribution in [0.5, 0.6) is 0 Å². The fourth-order valence-electron chi connectivity index (χ4n) is 3.45. The van der Waals surface area contributed by atoms with E-state index in [2.05, 4.69) is 10.5 Å². The number of fused-ring (bicyclic) bond motifs is 1. The van der Waals surface area contributed by atoms with Gasteiger partial charge in [-0.3, -0.25) is 9.59 Å². The second-order valence-corrected chi connectivity index (χ2v) is 7.50. The van der Waals surface area contributed by atoms with E-state index < -0.39 is 0 Å². The van der Waals surface area contributed by atoms with E-state index in [1.54, 1.807) is 12.1 Å². The Morgan fingerprint density at radius 2 is 1.86 bits per heavy atom. The Bertz CT molecular complexity index is 1040. The largest absolute Gasteiger partial charge is 0.356 e. The Morgan fingerprint density at radius 3 is 2.55 bits per heavy atom. The lowest BCUT2D eigenvalue weighted by molar-refractivity contribution is -0.131. The highest BCUT2D eigenvalue weighted by Crippen LogP contribution is 2.31. The molecule has 3 aromatic rings. The molecule has 1 aliphatic heterocycles. The van der Waals surface area contributed by atoms with Gasteiger partial charge in [-0.25, -0.2) is 0 Å². The Labute approximate surface area is 173 Å². The monoisotopic (exact) mass is 409 g/mol. The first-order chi connectivity index (χ1) is 14.0.